The summed E-state index contributed by atoms with van der Waals surface area (Å²) in [6.07, 6.45) is 4.20. The van der Waals surface area contributed by atoms with Crippen LogP contribution in [-0.2, 0) is 13.6 Å². The van der Waals surface area contributed by atoms with Crippen LogP contribution < -0.4 is 5.32 Å². The molecule has 0 unspecified atom stereocenters. The molecule has 3 nitrogen and oxygen atoms in total. The summed E-state index contributed by atoms with van der Waals surface area (Å²) in [6, 6.07) is 8.61. The summed E-state index contributed by atoms with van der Waals surface area (Å²) in [5.74, 6) is 0.725. The van der Waals surface area contributed by atoms with Crippen LogP contribution in [0.1, 0.15) is 36.9 Å². The Morgan fingerprint density at radius 3 is 2.62 bits per heavy atom. The predicted octanol–water partition coefficient (Wildman–Crippen LogP) is 3.13. The van der Waals surface area contributed by atoms with Crippen LogP contribution in [0.25, 0.3) is 10.9 Å². The van der Waals surface area contributed by atoms with E-state index in [1.807, 2.05) is 0 Å². The van der Waals surface area contributed by atoms with Gasteiger partial charge in [0.15, 0.2) is 0 Å². The van der Waals surface area contributed by atoms with Gasteiger partial charge in [0.25, 0.3) is 0 Å². The number of aliphatic hydroxyl groups is 1. The van der Waals surface area contributed by atoms with Crippen molar-refractivity contribution >= 4 is 10.9 Å². The highest BCUT2D eigenvalue weighted by molar-refractivity contribution is 5.85. The normalized spacial score (nSPS) is 22.8. The Balaban J connectivity index is 1.63. The van der Waals surface area contributed by atoms with Gasteiger partial charge in [-0.05, 0) is 56.7 Å². The second-order valence-corrected chi connectivity index (χ2v) is 6.45. The summed E-state index contributed by atoms with van der Waals surface area (Å²) >= 11 is 0. The number of para-hydroxylation sites is 1. The van der Waals surface area contributed by atoms with Gasteiger partial charge < -0.3 is 15.0 Å². The number of benzene rings is 1. The second kappa shape index (κ2) is 6.20. The molecule has 1 aromatic heterocycles. The van der Waals surface area contributed by atoms with E-state index in [-0.39, 0.29) is 6.10 Å². The molecule has 0 atom stereocenters. The lowest BCUT2D eigenvalue weighted by Crippen LogP contribution is -2.28. The van der Waals surface area contributed by atoms with Crippen molar-refractivity contribution in [3.8, 4) is 0 Å². The summed E-state index contributed by atoms with van der Waals surface area (Å²) in [6.45, 7) is 4.21. The van der Waals surface area contributed by atoms with Gasteiger partial charge in [-0.15, -0.1) is 0 Å². The molecule has 3 heteroatoms. The predicted molar refractivity (Wildman–Crippen MR) is 87.3 cm³/mol. The maximum absolute atomic E-state index is 9.56. The average molecular weight is 286 g/mol. The molecule has 114 valence electrons. The Morgan fingerprint density at radius 2 is 1.90 bits per heavy atom. The molecule has 2 N–H and O–H groups in total. The lowest BCUT2D eigenvalue weighted by molar-refractivity contribution is 0.108. The maximum Gasteiger partial charge on any atom is 0.0540 e. The van der Waals surface area contributed by atoms with Gasteiger partial charge in [-0.2, -0.15) is 0 Å². The average Bonchev–Trinajstić information content (AvgIpc) is 2.75. The summed E-state index contributed by atoms with van der Waals surface area (Å²) in [5.41, 5.74) is 4.08. The number of hydrogen-bond acceptors (Lipinski definition) is 2. The van der Waals surface area contributed by atoms with E-state index in [2.05, 4.69) is 48.1 Å². The third-order valence-electron chi connectivity index (χ3n) is 5.05. The molecular formula is C18H26N2O. The van der Waals surface area contributed by atoms with Gasteiger partial charge in [-0.3, -0.25) is 0 Å². The lowest BCUT2D eigenvalue weighted by Gasteiger charge is -2.25. The van der Waals surface area contributed by atoms with Crippen molar-refractivity contribution in [3.63, 3.8) is 0 Å². The van der Waals surface area contributed by atoms with Crippen molar-refractivity contribution in [2.45, 2.75) is 45.3 Å². The molecule has 0 aliphatic heterocycles. The fourth-order valence-electron chi connectivity index (χ4n) is 3.63. The molecule has 1 aromatic carbocycles. The van der Waals surface area contributed by atoms with Crippen LogP contribution in [0.4, 0.5) is 0 Å². The zero-order valence-electron chi connectivity index (χ0n) is 13.1. The highest BCUT2D eigenvalue weighted by Gasteiger charge is 2.19. The largest absolute Gasteiger partial charge is 0.393 e. The Bertz CT molecular complexity index is 570. The molecule has 1 heterocycles. The SMILES string of the molecule is Cc1c(CNCC2CCC(O)CC2)n(C)c2ccccc12. The third-order valence-corrected chi connectivity index (χ3v) is 5.05. The number of nitrogens with zero attached hydrogens (tertiary/aromatic N) is 1. The standard InChI is InChI=1S/C18H26N2O/c1-13-16-5-3-4-6-17(16)20(2)18(13)12-19-11-14-7-9-15(21)10-8-14/h3-6,14-15,19,21H,7-12H2,1-2H3. The molecule has 0 amide bonds. The molecule has 21 heavy (non-hydrogen) atoms. The van der Waals surface area contributed by atoms with Crippen LogP contribution in [0, 0.1) is 12.8 Å². The molecule has 3 rings (SSSR count). The van der Waals surface area contributed by atoms with Gasteiger partial charge in [-0.1, -0.05) is 18.2 Å². The van der Waals surface area contributed by atoms with Crippen molar-refractivity contribution in [2.24, 2.45) is 13.0 Å². The lowest BCUT2D eigenvalue weighted by atomic mass is 9.87. The number of aromatic nitrogens is 1. The van der Waals surface area contributed by atoms with E-state index in [1.165, 1.54) is 22.2 Å². The molecule has 1 aliphatic rings. The quantitative estimate of drug-likeness (QED) is 0.906. The molecule has 1 saturated carbocycles. The van der Waals surface area contributed by atoms with Crippen LogP contribution in [0.15, 0.2) is 24.3 Å². The minimum atomic E-state index is -0.0540. The molecule has 2 aromatic rings. The van der Waals surface area contributed by atoms with Crippen LogP contribution in [0.5, 0.6) is 0 Å². The van der Waals surface area contributed by atoms with E-state index < -0.39 is 0 Å². The van der Waals surface area contributed by atoms with E-state index in [4.69, 9.17) is 0 Å². The van der Waals surface area contributed by atoms with Gasteiger partial charge in [0.1, 0.15) is 0 Å². The summed E-state index contributed by atoms with van der Waals surface area (Å²) in [5, 5.41) is 14.5. The molecular weight excluding hydrogens is 260 g/mol. The molecule has 0 bridgehead atoms. The van der Waals surface area contributed by atoms with Crippen LogP contribution in [0.2, 0.25) is 0 Å². The summed E-state index contributed by atoms with van der Waals surface area (Å²) in [4.78, 5) is 0. The molecule has 0 spiro atoms. The number of fused-ring (bicyclic) bond motifs is 1. The Morgan fingerprint density at radius 1 is 1.19 bits per heavy atom. The van der Waals surface area contributed by atoms with E-state index in [0.29, 0.717) is 0 Å². The summed E-state index contributed by atoms with van der Waals surface area (Å²) in [7, 11) is 2.16. The van der Waals surface area contributed by atoms with E-state index in [1.54, 1.807) is 0 Å². The minimum absolute atomic E-state index is 0.0540. The number of hydrogen-bond donors (Lipinski definition) is 2. The van der Waals surface area contributed by atoms with Crippen LogP contribution in [-0.4, -0.2) is 22.3 Å². The van der Waals surface area contributed by atoms with Gasteiger partial charge in [0, 0.05) is 30.2 Å². The Kier molecular flexibility index (Phi) is 4.32. The highest BCUT2D eigenvalue weighted by atomic mass is 16.3. The van der Waals surface area contributed by atoms with Gasteiger partial charge in [0.05, 0.1) is 6.10 Å². The van der Waals surface area contributed by atoms with Crippen LogP contribution >= 0.6 is 0 Å². The Hall–Kier alpha value is -1.32. The Labute approximate surface area is 127 Å². The smallest absolute Gasteiger partial charge is 0.0540 e. The second-order valence-electron chi connectivity index (χ2n) is 6.45. The first-order valence-corrected chi connectivity index (χ1v) is 8.08. The maximum atomic E-state index is 9.56. The van der Waals surface area contributed by atoms with Crippen molar-refractivity contribution in [3.05, 3.63) is 35.5 Å². The van der Waals surface area contributed by atoms with Crippen molar-refractivity contribution in [1.82, 2.24) is 9.88 Å². The number of aliphatic hydroxyl groups excluding tert-OH is 1. The fourth-order valence-corrected chi connectivity index (χ4v) is 3.63. The highest BCUT2D eigenvalue weighted by Crippen LogP contribution is 2.25. The van der Waals surface area contributed by atoms with E-state index in [0.717, 1.165) is 44.7 Å². The molecule has 0 saturated heterocycles. The number of aryl methyl sites for hydroxylation is 2. The minimum Gasteiger partial charge on any atom is -0.393 e. The van der Waals surface area contributed by atoms with Gasteiger partial charge in [0.2, 0.25) is 0 Å². The fraction of sp³-hybridized carbons (Fsp3) is 0.556. The summed E-state index contributed by atoms with van der Waals surface area (Å²) < 4.78 is 2.31. The third kappa shape index (κ3) is 2.99. The van der Waals surface area contributed by atoms with Crippen molar-refractivity contribution < 1.29 is 5.11 Å². The first kappa shape index (κ1) is 14.6. The first-order valence-electron chi connectivity index (χ1n) is 8.08. The number of nitrogens with one attached hydrogen (secondary N) is 1. The van der Waals surface area contributed by atoms with Gasteiger partial charge in [-0.25, -0.2) is 0 Å². The first-order chi connectivity index (χ1) is 10.2. The molecule has 0 radical (unpaired) electrons. The topological polar surface area (TPSA) is 37.2 Å². The zero-order chi connectivity index (χ0) is 14.8. The molecule has 1 fully saturated rings. The molecule has 1 aliphatic carbocycles. The zero-order valence-corrected chi connectivity index (χ0v) is 13.1. The monoisotopic (exact) mass is 286 g/mol. The number of rotatable bonds is 4. The van der Waals surface area contributed by atoms with Crippen LogP contribution in [0.3, 0.4) is 0 Å². The van der Waals surface area contributed by atoms with Crippen molar-refractivity contribution in [2.75, 3.05) is 6.54 Å². The van der Waals surface area contributed by atoms with E-state index in [9.17, 15) is 5.11 Å². The van der Waals surface area contributed by atoms with Crippen molar-refractivity contribution in [1.29, 1.82) is 0 Å². The van der Waals surface area contributed by atoms with E-state index >= 15 is 0 Å². The van der Waals surface area contributed by atoms with Gasteiger partial charge >= 0.3 is 0 Å².